The van der Waals surface area contributed by atoms with Crippen LogP contribution < -0.4 is 10.9 Å². The molecule has 0 saturated heterocycles. The molecule has 186 valence electrons. The second kappa shape index (κ2) is 11.0. The van der Waals surface area contributed by atoms with Crippen LogP contribution in [0.15, 0.2) is 59.4 Å². The van der Waals surface area contributed by atoms with Crippen LogP contribution in [0.1, 0.15) is 34.8 Å². The lowest BCUT2D eigenvalue weighted by atomic mass is 10.2. The van der Waals surface area contributed by atoms with E-state index < -0.39 is 11.9 Å². The van der Waals surface area contributed by atoms with E-state index in [1.165, 1.54) is 4.57 Å². The molecule has 9 nitrogen and oxygen atoms in total. The summed E-state index contributed by atoms with van der Waals surface area (Å²) in [5.74, 6) is -0.441. The van der Waals surface area contributed by atoms with Gasteiger partial charge in [0.2, 0.25) is 0 Å². The zero-order valence-corrected chi connectivity index (χ0v) is 20.7. The number of rotatable bonds is 9. The highest BCUT2D eigenvalue weighted by Gasteiger charge is 2.15. The first-order valence-corrected chi connectivity index (χ1v) is 11.8. The molecule has 0 unspecified atom stereocenters. The maximum absolute atomic E-state index is 12.5. The number of aromatic nitrogens is 4. The first-order valence-electron chi connectivity index (χ1n) is 11.8. The van der Waals surface area contributed by atoms with Gasteiger partial charge in [-0.15, -0.1) is 0 Å². The highest BCUT2D eigenvalue weighted by Crippen LogP contribution is 2.15. The number of esters is 1. The maximum atomic E-state index is 12.5. The van der Waals surface area contributed by atoms with Crippen molar-refractivity contribution in [3.63, 3.8) is 0 Å². The van der Waals surface area contributed by atoms with Crippen molar-refractivity contribution in [2.45, 2.75) is 39.8 Å². The Morgan fingerprint density at radius 2 is 1.75 bits per heavy atom. The summed E-state index contributed by atoms with van der Waals surface area (Å²) in [4.78, 5) is 41.5. The predicted molar refractivity (Wildman–Crippen MR) is 135 cm³/mol. The number of para-hydroxylation sites is 1. The smallest absolute Gasteiger partial charge is 0.306 e. The number of amides is 1. The Morgan fingerprint density at radius 3 is 2.53 bits per heavy atom. The molecule has 1 N–H and O–H groups in total. The number of nitrogens with zero attached hydrogens (tertiary/aromatic N) is 4. The van der Waals surface area contributed by atoms with Crippen LogP contribution in [0.3, 0.4) is 0 Å². The second-order valence-corrected chi connectivity index (χ2v) is 8.64. The number of nitrogens with one attached hydrogen (secondary N) is 1. The maximum Gasteiger partial charge on any atom is 0.306 e. The molecule has 0 saturated carbocycles. The van der Waals surface area contributed by atoms with Gasteiger partial charge in [-0.25, -0.2) is 4.98 Å². The number of carbonyl (C=O) groups excluding carboxylic acids is 2. The van der Waals surface area contributed by atoms with Gasteiger partial charge in [-0.05, 0) is 31.5 Å². The predicted octanol–water partition coefficient (Wildman–Crippen LogP) is 2.59. The highest BCUT2D eigenvalue weighted by molar-refractivity contribution is 5.80. The van der Waals surface area contributed by atoms with E-state index in [1.807, 2.05) is 54.9 Å². The summed E-state index contributed by atoms with van der Waals surface area (Å²) in [5.41, 5.74) is 4.32. The van der Waals surface area contributed by atoms with Crippen molar-refractivity contribution in [2.75, 3.05) is 6.61 Å². The average molecular weight is 488 g/mol. The highest BCUT2D eigenvalue weighted by atomic mass is 16.5. The van der Waals surface area contributed by atoms with Crippen molar-refractivity contribution < 1.29 is 14.3 Å². The third-order valence-corrected chi connectivity index (χ3v) is 6.16. The van der Waals surface area contributed by atoms with Gasteiger partial charge in [-0.2, -0.15) is 5.10 Å². The zero-order chi connectivity index (χ0) is 25.7. The number of carbonyl (C=O) groups is 2. The third-order valence-electron chi connectivity index (χ3n) is 6.16. The molecule has 0 aliphatic carbocycles. The van der Waals surface area contributed by atoms with Crippen molar-refractivity contribution >= 4 is 22.8 Å². The first-order chi connectivity index (χ1) is 17.3. The monoisotopic (exact) mass is 487 g/mol. The molecule has 1 amide bonds. The van der Waals surface area contributed by atoms with Gasteiger partial charge >= 0.3 is 5.97 Å². The van der Waals surface area contributed by atoms with Gasteiger partial charge in [-0.1, -0.05) is 42.5 Å². The van der Waals surface area contributed by atoms with Crippen LogP contribution in [-0.4, -0.2) is 37.8 Å². The largest absolute Gasteiger partial charge is 0.456 e. The first kappa shape index (κ1) is 24.8. The van der Waals surface area contributed by atoms with Gasteiger partial charge in [0.05, 0.1) is 29.6 Å². The molecule has 36 heavy (non-hydrogen) atoms. The molecular weight excluding hydrogens is 458 g/mol. The van der Waals surface area contributed by atoms with Crippen LogP contribution in [-0.2, 0) is 40.9 Å². The molecule has 0 aliphatic rings. The topological polar surface area (TPSA) is 108 Å². The molecule has 2 heterocycles. The van der Waals surface area contributed by atoms with Crippen LogP contribution in [0, 0.1) is 13.8 Å². The van der Waals surface area contributed by atoms with Crippen LogP contribution in [0.4, 0.5) is 0 Å². The SMILES string of the molecule is Cc1nn(Cc2ccccc2)c(C)c1CNC(=O)COC(=O)CCc1nc2ccccc2c(=O)n1C. The Hall–Kier alpha value is -4.27. The van der Waals surface area contributed by atoms with Crippen molar-refractivity contribution in [3.8, 4) is 0 Å². The minimum absolute atomic E-state index is 0.0103. The molecular formula is C27H29N5O4. The second-order valence-electron chi connectivity index (χ2n) is 8.64. The van der Waals surface area contributed by atoms with Gasteiger partial charge < -0.3 is 10.1 Å². The van der Waals surface area contributed by atoms with Crippen LogP contribution >= 0.6 is 0 Å². The molecule has 0 radical (unpaired) electrons. The quantitative estimate of drug-likeness (QED) is 0.364. The van der Waals surface area contributed by atoms with E-state index in [1.54, 1.807) is 25.2 Å². The molecule has 2 aromatic heterocycles. The average Bonchev–Trinajstić information content (AvgIpc) is 3.15. The fraction of sp³-hybridized carbons (Fsp3) is 0.296. The van der Waals surface area contributed by atoms with Crippen LogP contribution in [0.25, 0.3) is 10.9 Å². The summed E-state index contributed by atoms with van der Waals surface area (Å²) in [6.07, 6.45) is 0.242. The van der Waals surface area contributed by atoms with Crippen molar-refractivity contribution in [1.82, 2.24) is 24.6 Å². The fourth-order valence-electron chi connectivity index (χ4n) is 4.06. The summed E-state index contributed by atoms with van der Waals surface area (Å²) in [7, 11) is 1.63. The number of benzene rings is 2. The van der Waals surface area contributed by atoms with Crippen molar-refractivity contribution in [2.24, 2.45) is 7.05 Å². The van der Waals surface area contributed by atoms with Gasteiger partial charge in [0, 0.05) is 31.3 Å². The fourth-order valence-corrected chi connectivity index (χ4v) is 4.06. The normalized spacial score (nSPS) is 11.0. The summed E-state index contributed by atoms with van der Waals surface area (Å²) >= 11 is 0. The van der Waals surface area contributed by atoms with E-state index in [0.717, 1.165) is 22.5 Å². The molecule has 2 aromatic carbocycles. The summed E-state index contributed by atoms with van der Waals surface area (Å²) in [6, 6.07) is 17.1. The lowest BCUT2D eigenvalue weighted by molar-refractivity contribution is -0.148. The summed E-state index contributed by atoms with van der Waals surface area (Å²) < 4.78 is 8.48. The van der Waals surface area contributed by atoms with Crippen LogP contribution in [0.5, 0.6) is 0 Å². The summed E-state index contributed by atoms with van der Waals surface area (Å²) in [5, 5.41) is 7.92. The Kier molecular flexibility index (Phi) is 7.58. The van der Waals surface area contributed by atoms with E-state index in [2.05, 4.69) is 15.4 Å². The van der Waals surface area contributed by atoms with E-state index in [0.29, 0.717) is 29.8 Å². The van der Waals surface area contributed by atoms with Crippen molar-refractivity contribution in [3.05, 3.63) is 93.3 Å². The van der Waals surface area contributed by atoms with E-state index in [-0.39, 0.29) is 25.0 Å². The minimum atomic E-state index is -0.532. The van der Waals surface area contributed by atoms with Gasteiger partial charge in [0.1, 0.15) is 5.82 Å². The number of hydrogen-bond acceptors (Lipinski definition) is 6. The molecule has 4 rings (SSSR count). The Morgan fingerprint density at radius 1 is 1.03 bits per heavy atom. The van der Waals surface area contributed by atoms with Crippen LogP contribution in [0.2, 0.25) is 0 Å². The number of aryl methyl sites for hydroxylation is 2. The Bertz CT molecular complexity index is 1460. The lowest BCUT2D eigenvalue weighted by Crippen LogP contribution is -2.29. The Labute approximate surface area is 208 Å². The number of ether oxygens (including phenoxy) is 1. The third kappa shape index (κ3) is 5.68. The number of fused-ring (bicyclic) bond motifs is 1. The minimum Gasteiger partial charge on any atom is -0.456 e. The van der Waals surface area contributed by atoms with E-state index in [4.69, 9.17) is 4.74 Å². The molecule has 0 bridgehead atoms. The lowest BCUT2D eigenvalue weighted by Gasteiger charge is -2.10. The zero-order valence-electron chi connectivity index (χ0n) is 20.7. The molecule has 9 heteroatoms. The van der Waals surface area contributed by atoms with E-state index >= 15 is 0 Å². The number of hydrogen-bond donors (Lipinski definition) is 1. The summed E-state index contributed by atoms with van der Waals surface area (Å²) in [6.45, 7) is 4.45. The molecule has 0 atom stereocenters. The van der Waals surface area contributed by atoms with E-state index in [9.17, 15) is 14.4 Å². The van der Waals surface area contributed by atoms with Gasteiger partial charge in [0.25, 0.3) is 11.5 Å². The molecule has 0 fully saturated rings. The molecule has 0 aliphatic heterocycles. The van der Waals surface area contributed by atoms with Crippen molar-refractivity contribution in [1.29, 1.82) is 0 Å². The standard InChI is InChI=1S/C27H29N5O4/c1-18-22(19(2)32(30-18)16-20-9-5-4-6-10-20)15-28-25(33)17-36-26(34)14-13-24-29-23-12-8-7-11-21(23)27(35)31(24)3/h4-12H,13-17H2,1-3H3,(H,28,33). The molecule has 4 aromatic rings. The van der Waals surface area contributed by atoms with Gasteiger partial charge in [0.15, 0.2) is 6.61 Å². The Balaban J connectivity index is 1.26. The molecule has 0 spiro atoms. The van der Waals surface area contributed by atoms with Gasteiger partial charge in [-0.3, -0.25) is 23.6 Å².